The highest BCUT2D eigenvalue weighted by Crippen LogP contribution is 2.44. The van der Waals surface area contributed by atoms with Gasteiger partial charge in [0.25, 0.3) is 0 Å². The monoisotopic (exact) mass is 1040 g/mol. The average molecular weight is 1040 g/mol. The molecule has 0 amide bonds. The van der Waals surface area contributed by atoms with Crippen LogP contribution < -0.4 is 0 Å². The SMILES string of the molecule is c1ccc2c(c1)c1cc(-c3cc(-n4c5ccccc5c5ccccc54)cc(-n4c5ccccc5c5ccccc54)c3)ccc1c1ccc(-c3cc(-n4c5ccccc5c5ccccc54)cc(-n4c5ccccc5c5ccccc54)c3)cc21. The fraction of sp³-hybridized carbons (Fsp3) is 0. The number of benzene rings is 14. The van der Waals surface area contributed by atoms with Gasteiger partial charge in [0.05, 0.1) is 44.1 Å². The van der Waals surface area contributed by atoms with Crippen LogP contribution in [-0.2, 0) is 0 Å². The van der Waals surface area contributed by atoms with Crippen LogP contribution in [0.1, 0.15) is 0 Å². The molecule has 4 nitrogen and oxygen atoms in total. The number of aromatic nitrogens is 4. The summed E-state index contributed by atoms with van der Waals surface area (Å²) in [6.45, 7) is 0. The maximum atomic E-state index is 2.46. The molecular weight excluding hydrogens is 993 g/mol. The van der Waals surface area contributed by atoms with E-state index in [4.69, 9.17) is 0 Å². The molecule has 4 heteroatoms. The summed E-state index contributed by atoms with van der Waals surface area (Å²) in [4.78, 5) is 0. The summed E-state index contributed by atoms with van der Waals surface area (Å²) in [7, 11) is 0. The van der Waals surface area contributed by atoms with Crippen LogP contribution in [0.3, 0.4) is 0 Å². The minimum atomic E-state index is 1.12. The van der Waals surface area contributed by atoms with E-state index in [-0.39, 0.29) is 0 Å². The number of para-hydroxylation sites is 8. The number of fused-ring (bicyclic) bond motifs is 18. The number of hydrogen-bond donors (Lipinski definition) is 0. The van der Waals surface area contributed by atoms with Crippen LogP contribution in [0.25, 0.3) is 165 Å². The maximum Gasteiger partial charge on any atom is 0.0541 e. The lowest BCUT2D eigenvalue weighted by atomic mass is 9.90. The minimum absolute atomic E-state index is 1.12. The first-order valence-electron chi connectivity index (χ1n) is 28.3. The van der Waals surface area contributed by atoms with E-state index in [1.807, 2.05) is 0 Å². The highest BCUT2D eigenvalue weighted by Gasteiger charge is 2.21. The zero-order valence-electron chi connectivity index (χ0n) is 44.5. The maximum absolute atomic E-state index is 2.46. The first kappa shape index (κ1) is 45.0. The predicted molar refractivity (Wildman–Crippen MR) is 347 cm³/mol. The van der Waals surface area contributed by atoms with Crippen molar-refractivity contribution < 1.29 is 0 Å². The van der Waals surface area contributed by atoms with Crippen LogP contribution >= 0.6 is 0 Å². The van der Waals surface area contributed by atoms with Crippen molar-refractivity contribution in [2.75, 3.05) is 0 Å². The van der Waals surface area contributed by atoms with Crippen LogP contribution in [-0.4, -0.2) is 18.3 Å². The smallest absolute Gasteiger partial charge is 0.0541 e. The zero-order valence-corrected chi connectivity index (χ0v) is 44.5. The fourth-order valence-electron chi connectivity index (χ4n) is 14.2. The largest absolute Gasteiger partial charge is 0.309 e. The van der Waals surface area contributed by atoms with E-state index in [1.165, 1.54) is 120 Å². The molecule has 0 aliphatic rings. The van der Waals surface area contributed by atoms with E-state index in [2.05, 4.69) is 309 Å². The van der Waals surface area contributed by atoms with Crippen molar-refractivity contribution in [3.05, 3.63) is 291 Å². The van der Waals surface area contributed by atoms with Crippen molar-refractivity contribution in [2.45, 2.75) is 0 Å². The molecule has 0 bridgehead atoms. The Bertz CT molecular complexity index is 4870. The van der Waals surface area contributed by atoms with Gasteiger partial charge in [-0.25, -0.2) is 0 Å². The van der Waals surface area contributed by atoms with Crippen LogP contribution in [0.15, 0.2) is 291 Å². The summed E-state index contributed by atoms with van der Waals surface area (Å²) in [5.74, 6) is 0. The molecule has 0 fully saturated rings. The van der Waals surface area contributed by atoms with Crippen LogP contribution in [0.4, 0.5) is 0 Å². The van der Waals surface area contributed by atoms with Crippen LogP contribution in [0, 0.1) is 0 Å². The van der Waals surface area contributed by atoms with Gasteiger partial charge in [-0.1, -0.05) is 194 Å². The molecule has 0 saturated carbocycles. The molecule has 0 saturated heterocycles. The third-order valence-electron chi connectivity index (χ3n) is 17.7. The molecule has 18 aromatic rings. The third-order valence-corrected chi connectivity index (χ3v) is 17.7. The van der Waals surface area contributed by atoms with E-state index >= 15 is 0 Å². The van der Waals surface area contributed by atoms with E-state index < -0.39 is 0 Å². The second-order valence-corrected chi connectivity index (χ2v) is 22.0. The lowest BCUT2D eigenvalue weighted by Crippen LogP contribution is -2.00. The molecule has 380 valence electrons. The Labute approximate surface area is 471 Å². The lowest BCUT2D eigenvalue weighted by molar-refractivity contribution is 1.13. The highest BCUT2D eigenvalue weighted by molar-refractivity contribution is 6.26. The predicted octanol–water partition coefficient (Wildman–Crippen LogP) is 20.9. The van der Waals surface area contributed by atoms with Gasteiger partial charge < -0.3 is 18.3 Å². The molecule has 0 unspecified atom stereocenters. The number of hydrogen-bond acceptors (Lipinski definition) is 0. The summed E-state index contributed by atoms with van der Waals surface area (Å²) < 4.78 is 9.82. The van der Waals surface area contributed by atoms with Gasteiger partial charge in [0.15, 0.2) is 0 Å². The summed E-state index contributed by atoms with van der Waals surface area (Å²) in [6, 6.07) is 108. The Morgan fingerprint density at radius 3 is 0.561 bits per heavy atom. The van der Waals surface area contributed by atoms with Gasteiger partial charge in [0.2, 0.25) is 0 Å². The van der Waals surface area contributed by atoms with Gasteiger partial charge >= 0.3 is 0 Å². The molecule has 0 aliphatic carbocycles. The molecule has 0 spiro atoms. The fourth-order valence-corrected chi connectivity index (χ4v) is 14.2. The molecule has 0 aliphatic heterocycles. The Balaban J connectivity index is 0.857. The summed E-state index contributed by atoms with van der Waals surface area (Å²) in [5, 5.41) is 17.3. The van der Waals surface area contributed by atoms with Gasteiger partial charge in [-0.3, -0.25) is 0 Å². The molecule has 0 N–H and O–H groups in total. The van der Waals surface area contributed by atoms with Crippen molar-refractivity contribution in [2.24, 2.45) is 0 Å². The van der Waals surface area contributed by atoms with Gasteiger partial charge in [-0.2, -0.15) is 0 Å². The van der Waals surface area contributed by atoms with Gasteiger partial charge in [0.1, 0.15) is 0 Å². The Kier molecular flexibility index (Phi) is 9.48. The van der Waals surface area contributed by atoms with E-state index in [1.54, 1.807) is 0 Å². The minimum Gasteiger partial charge on any atom is -0.309 e. The molecule has 4 aromatic heterocycles. The first-order valence-corrected chi connectivity index (χ1v) is 28.3. The van der Waals surface area contributed by atoms with Crippen molar-refractivity contribution in [1.29, 1.82) is 0 Å². The molecule has 18 rings (SSSR count). The zero-order chi connectivity index (χ0) is 53.6. The van der Waals surface area contributed by atoms with Gasteiger partial charge in [-0.05, 0) is 152 Å². The van der Waals surface area contributed by atoms with Crippen molar-refractivity contribution in [3.63, 3.8) is 0 Å². The molecule has 0 radical (unpaired) electrons. The summed E-state index contributed by atoms with van der Waals surface area (Å²) in [6.07, 6.45) is 0. The molecule has 4 heterocycles. The Hall–Kier alpha value is -10.9. The van der Waals surface area contributed by atoms with E-state index in [0.29, 0.717) is 0 Å². The molecular formula is C78H48N4. The average Bonchev–Trinajstić information content (AvgIpc) is 3.01. The van der Waals surface area contributed by atoms with Crippen molar-refractivity contribution in [3.8, 4) is 45.0 Å². The second kappa shape index (κ2) is 17.3. The number of nitrogens with zero attached hydrogens (tertiary/aromatic N) is 4. The van der Waals surface area contributed by atoms with Crippen LogP contribution in [0.5, 0.6) is 0 Å². The van der Waals surface area contributed by atoms with Crippen LogP contribution in [0.2, 0.25) is 0 Å². The standard InChI is InChI=1S/C78H48N4/c1-2-20-58-57(19-1)69-45-49(51-41-53(79-71-29-11-3-21-61(71)62-22-4-12-30-72(62)79)47-54(42-51)80-73-31-13-5-23-63(73)64-24-6-14-32-74(64)80)37-39-59(69)60-40-38-50(46-70(58)60)52-43-55(81-75-33-15-7-25-65(75)66-26-8-16-34-76(66)81)48-56(44-52)82-77-35-17-9-27-67(77)68-28-10-18-36-78(68)82/h1-48H. The quantitative estimate of drug-likeness (QED) is 0.148. The Morgan fingerprint density at radius 1 is 0.134 bits per heavy atom. The topological polar surface area (TPSA) is 19.7 Å². The molecule has 14 aromatic carbocycles. The molecule has 82 heavy (non-hydrogen) atoms. The normalized spacial score (nSPS) is 12.1. The van der Waals surface area contributed by atoms with Crippen molar-refractivity contribution in [1.82, 2.24) is 18.3 Å². The lowest BCUT2D eigenvalue weighted by Gasteiger charge is -2.18. The second-order valence-electron chi connectivity index (χ2n) is 22.0. The van der Waals surface area contributed by atoms with Gasteiger partial charge in [0, 0.05) is 65.8 Å². The first-order chi connectivity index (χ1) is 40.7. The molecule has 0 atom stereocenters. The number of rotatable bonds is 6. The van der Waals surface area contributed by atoms with E-state index in [9.17, 15) is 0 Å². The Morgan fingerprint density at radius 2 is 0.329 bits per heavy atom. The van der Waals surface area contributed by atoms with E-state index in [0.717, 1.165) is 45.0 Å². The summed E-state index contributed by atoms with van der Waals surface area (Å²) >= 11 is 0. The summed E-state index contributed by atoms with van der Waals surface area (Å²) in [5.41, 5.74) is 18.6. The third kappa shape index (κ3) is 6.49. The van der Waals surface area contributed by atoms with Crippen molar-refractivity contribution >= 4 is 120 Å². The highest BCUT2D eigenvalue weighted by atomic mass is 15.0. The van der Waals surface area contributed by atoms with Gasteiger partial charge in [-0.15, -0.1) is 0 Å².